The minimum absolute atomic E-state index is 0.0209. The lowest BCUT2D eigenvalue weighted by molar-refractivity contribution is 0.448. The Kier molecular flexibility index (Phi) is 9.35. The first kappa shape index (κ1) is 37.7. The fourth-order valence-corrected chi connectivity index (χ4v) is 8.75. The summed E-state index contributed by atoms with van der Waals surface area (Å²) in [6.45, 7) is 4.61. The number of aromatic nitrogens is 5. The van der Waals surface area contributed by atoms with Crippen molar-refractivity contribution < 1.29 is 18.9 Å². The fourth-order valence-electron chi connectivity index (χ4n) is 8.75. The Morgan fingerprint density at radius 3 is 1.35 bits per heavy atom. The average Bonchev–Trinajstić information content (AvgIpc) is 3.63. The van der Waals surface area contributed by atoms with Crippen LogP contribution < -0.4 is 18.9 Å². The van der Waals surface area contributed by atoms with E-state index in [1.807, 2.05) is 122 Å². The lowest BCUT2D eigenvalue weighted by atomic mass is 9.64. The van der Waals surface area contributed by atoms with Crippen molar-refractivity contribution in [1.82, 2.24) is 24.5 Å². The summed E-state index contributed by atoms with van der Waals surface area (Å²) in [5.74, 6) is 5.23. The zero-order valence-corrected chi connectivity index (χ0v) is 34.4. The van der Waals surface area contributed by atoms with E-state index in [-0.39, 0.29) is 11.3 Å². The molecule has 0 spiro atoms. The topological polar surface area (TPSA) is 93.4 Å². The molecule has 4 aromatic heterocycles. The maximum absolute atomic E-state index is 6.49. The second kappa shape index (κ2) is 15.6. The zero-order valence-electron chi connectivity index (χ0n) is 34.4. The van der Waals surface area contributed by atoms with Crippen LogP contribution in [0.4, 0.5) is 0 Å². The van der Waals surface area contributed by atoms with Crippen LogP contribution in [0.1, 0.15) is 47.6 Å². The summed E-state index contributed by atoms with van der Waals surface area (Å²) in [7, 11) is 0. The van der Waals surface area contributed by atoms with E-state index in [9.17, 15) is 0 Å². The molecule has 0 atom stereocenters. The number of nitrogens with zero attached hydrogens (tertiary/aromatic N) is 5. The van der Waals surface area contributed by atoms with Crippen molar-refractivity contribution in [3.05, 3.63) is 222 Å². The first-order valence-electron chi connectivity index (χ1n) is 20.8. The molecule has 4 heterocycles. The minimum atomic E-state index is -0.145. The highest BCUT2D eigenvalue weighted by Gasteiger charge is 2.38. The lowest BCUT2D eigenvalue weighted by Gasteiger charge is -2.39. The monoisotopic (exact) mass is 821 g/mol. The highest BCUT2D eigenvalue weighted by Crippen LogP contribution is 2.49. The van der Waals surface area contributed by atoms with Crippen LogP contribution in [0, 0.1) is 0 Å². The average molecular weight is 822 g/mol. The van der Waals surface area contributed by atoms with E-state index in [4.69, 9.17) is 28.9 Å². The van der Waals surface area contributed by atoms with Crippen molar-refractivity contribution >= 4 is 21.8 Å². The lowest BCUT2D eigenvalue weighted by Crippen LogP contribution is -2.29. The van der Waals surface area contributed by atoms with Crippen LogP contribution in [-0.2, 0) is 5.41 Å². The number of benzene rings is 6. The first-order chi connectivity index (χ1) is 30.9. The van der Waals surface area contributed by atoms with Gasteiger partial charge < -0.3 is 18.9 Å². The van der Waals surface area contributed by atoms with E-state index in [0.29, 0.717) is 52.2 Å². The number of hydrogen-bond donors (Lipinski definition) is 0. The van der Waals surface area contributed by atoms with Crippen LogP contribution in [0.5, 0.6) is 46.3 Å². The molecule has 0 amide bonds. The second-order valence-electron chi connectivity index (χ2n) is 15.9. The van der Waals surface area contributed by atoms with E-state index in [0.717, 1.165) is 27.4 Å². The van der Waals surface area contributed by atoms with Gasteiger partial charge in [0.2, 0.25) is 17.7 Å². The molecule has 9 heteroatoms. The molecule has 0 radical (unpaired) electrons. The SMILES string of the molecule is CC1(C)c2ccccc2C(c2cnc(-n3c4cc(Oc5cccc(Oc6ccccn6)c5)ccc4c4ccc(Oc5cccc(Oc6ccccn6)c5)cc43)nc2)c2ccccc21. The van der Waals surface area contributed by atoms with Crippen LogP contribution >= 0.6 is 0 Å². The molecule has 0 saturated carbocycles. The van der Waals surface area contributed by atoms with Crippen molar-refractivity contribution in [2.45, 2.75) is 25.2 Å². The standard InChI is InChI=1S/C54H39N5O4/c1-54(2)46-19-5-3-17-44(46)52(45-18-4-6-20-47(45)54)35-33-57-53(58-34-35)59-48-31-40(60-36-13-11-15-38(29-36)62-50-21-7-9-27-55-50)23-25-42(48)43-26-24-41(32-49(43)59)61-37-14-12-16-39(30-37)63-51-22-8-10-28-56-51/h3-34,52H,1-2H3. The molecular formula is C54H39N5O4. The van der Waals surface area contributed by atoms with Crippen molar-refractivity contribution in [2.75, 3.05) is 0 Å². The van der Waals surface area contributed by atoms with Gasteiger partial charge in [-0.3, -0.25) is 4.57 Å². The van der Waals surface area contributed by atoms with E-state index in [2.05, 4.69) is 89.0 Å². The summed E-state index contributed by atoms with van der Waals surface area (Å²) in [4.78, 5) is 18.9. The summed E-state index contributed by atoms with van der Waals surface area (Å²) in [5.41, 5.74) is 7.76. The molecule has 0 fully saturated rings. The van der Waals surface area contributed by atoms with Crippen LogP contribution in [0.25, 0.3) is 27.8 Å². The Labute approximate surface area is 363 Å². The van der Waals surface area contributed by atoms with Gasteiger partial charge in [0.1, 0.15) is 34.5 Å². The Morgan fingerprint density at radius 2 is 0.873 bits per heavy atom. The van der Waals surface area contributed by atoms with Gasteiger partial charge in [-0.05, 0) is 82.9 Å². The van der Waals surface area contributed by atoms with Crippen LogP contribution in [-0.4, -0.2) is 24.5 Å². The van der Waals surface area contributed by atoms with Crippen LogP contribution in [0.15, 0.2) is 195 Å². The quantitative estimate of drug-likeness (QED) is 0.135. The predicted octanol–water partition coefficient (Wildman–Crippen LogP) is 13.4. The summed E-state index contributed by atoms with van der Waals surface area (Å²) in [6, 6.07) is 55.7. The first-order valence-corrected chi connectivity index (χ1v) is 20.8. The van der Waals surface area contributed by atoms with Gasteiger partial charge in [-0.1, -0.05) is 86.6 Å². The van der Waals surface area contributed by atoms with Crippen molar-refractivity contribution in [2.24, 2.45) is 0 Å². The molecule has 0 saturated heterocycles. The van der Waals surface area contributed by atoms with Gasteiger partial charge in [-0.15, -0.1) is 0 Å². The smallest absolute Gasteiger partial charge is 0.234 e. The summed E-state index contributed by atoms with van der Waals surface area (Å²) in [5, 5.41) is 2.01. The van der Waals surface area contributed by atoms with Crippen LogP contribution in [0.3, 0.4) is 0 Å². The Hall–Kier alpha value is -8.30. The highest BCUT2D eigenvalue weighted by atomic mass is 16.5. The number of hydrogen-bond acceptors (Lipinski definition) is 8. The third-order valence-electron chi connectivity index (χ3n) is 11.6. The van der Waals surface area contributed by atoms with Crippen LogP contribution in [0.2, 0.25) is 0 Å². The predicted molar refractivity (Wildman–Crippen MR) is 244 cm³/mol. The van der Waals surface area contributed by atoms with Crippen molar-refractivity contribution in [1.29, 1.82) is 0 Å². The Morgan fingerprint density at radius 1 is 0.429 bits per heavy atom. The van der Waals surface area contributed by atoms with Gasteiger partial charge in [0, 0.05) is 88.9 Å². The molecule has 9 nitrogen and oxygen atoms in total. The molecule has 1 aliphatic carbocycles. The van der Waals surface area contributed by atoms with E-state index >= 15 is 0 Å². The molecule has 304 valence electrons. The largest absolute Gasteiger partial charge is 0.457 e. The van der Waals surface area contributed by atoms with Gasteiger partial charge in [0.05, 0.1) is 11.0 Å². The van der Waals surface area contributed by atoms with Crippen molar-refractivity contribution in [3.63, 3.8) is 0 Å². The second-order valence-corrected chi connectivity index (χ2v) is 15.9. The van der Waals surface area contributed by atoms with E-state index in [1.54, 1.807) is 12.4 Å². The Bertz CT molecular complexity index is 3090. The summed E-state index contributed by atoms with van der Waals surface area (Å²) >= 11 is 0. The molecule has 0 N–H and O–H groups in total. The van der Waals surface area contributed by atoms with Gasteiger partial charge in [-0.2, -0.15) is 0 Å². The molecular weight excluding hydrogens is 783 g/mol. The number of fused-ring (bicyclic) bond motifs is 5. The van der Waals surface area contributed by atoms with Gasteiger partial charge >= 0.3 is 0 Å². The molecule has 1 aliphatic rings. The normalized spacial score (nSPS) is 13.0. The molecule has 10 aromatic rings. The molecule has 6 aromatic carbocycles. The van der Waals surface area contributed by atoms with Crippen molar-refractivity contribution in [3.8, 4) is 52.2 Å². The third-order valence-corrected chi connectivity index (χ3v) is 11.6. The fraction of sp³-hybridized carbons (Fsp3) is 0.0741. The summed E-state index contributed by atoms with van der Waals surface area (Å²) in [6.07, 6.45) is 7.33. The Balaban J connectivity index is 0.993. The third kappa shape index (κ3) is 7.15. The molecule has 11 rings (SSSR count). The molecule has 0 unspecified atom stereocenters. The number of pyridine rings is 2. The molecule has 63 heavy (non-hydrogen) atoms. The molecule has 0 bridgehead atoms. The maximum Gasteiger partial charge on any atom is 0.234 e. The highest BCUT2D eigenvalue weighted by molar-refractivity contribution is 6.09. The number of rotatable bonds is 10. The maximum atomic E-state index is 6.49. The van der Waals surface area contributed by atoms with Gasteiger partial charge in [0.15, 0.2) is 0 Å². The van der Waals surface area contributed by atoms with E-state index < -0.39 is 0 Å². The summed E-state index contributed by atoms with van der Waals surface area (Å²) < 4.78 is 27.1. The number of ether oxygens (including phenoxy) is 4. The molecule has 0 aliphatic heterocycles. The van der Waals surface area contributed by atoms with E-state index in [1.165, 1.54) is 22.3 Å². The minimum Gasteiger partial charge on any atom is -0.457 e. The zero-order chi connectivity index (χ0) is 42.3. The van der Waals surface area contributed by atoms with Gasteiger partial charge in [0.25, 0.3) is 0 Å². The van der Waals surface area contributed by atoms with Gasteiger partial charge in [-0.25, -0.2) is 19.9 Å².